The molecule has 0 bridgehead atoms. The maximum absolute atomic E-state index is 9.53. The van der Waals surface area contributed by atoms with Crippen LogP contribution in [0.5, 0.6) is 0 Å². The molecule has 2 aliphatic rings. The van der Waals surface area contributed by atoms with Crippen LogP contribution in [-0.4, -0.2) is 33.4 Å². The van der Waals surface area contributed by atoms with Crippen LogP contribution in [0.15, 0.2) is 0 Å². The average molecular weight is 292 g/mol. The number of rotatable bonds is 2. The highest BCUT2D eigenvalue weighted by atomic mass is 16.5. The van der Waals surface area contributed by atoms with Gasteiger partial charge in [0.1, 0.15) is 0 Å². The summed E-state index contributed by atoms with van der Waals surface area (Å²) < 4.78 is 0. The molecule has 2 rings (SSSR count). The Bertz CT molecular complexity index is 419. The van der Waals surface area contributed by atoms with Crippen LogP contribution >= 0.6 is 0 Å². The molecule has 0 amide bonds. The van der Waals surface area contributed by atoms with Gasteiger partial charge < -0.3 is 10.5 Å². The molecule has 0 aliphatic carbocycles. The summed E-state index contributed by atoms with van der Waals surface area (Å²) in [5.74, 6) is 0. The molecule has 2 atom stereocenters. The molecule has 2 aliphatic heterocycles. The summed E-state index contributed by atoms with van der Waals surface area (Å²) in [5.41, 5.74) is 0.128. The zero-order valence-electron chi connectivity index (χ0n) is 13.7. The molecule has 21 heavy (non-hydrogen) atoms. The number of hydroxylamine groups is 2. The summed E-state index contributed by atoms with van der Waals surface area (Å²) in [5, 5.41) is 31.1. The summed E-state index contributed by atoms with van der Waals surface area (Å²) in [4.78, 5) is 0. The molecule has 2 saturated heterocycles. The summed E-state index contributed by atoms with van der Waals surface area (Å²) in [6, 6.07) is 4.76. The van der Waals surface area contributed by atoms with E-state index >= 15 is 0 Å². The van der Waals surface area contributed by atoms with Gasteiger partial charge in [-0.05, 0) is 53.4 Å². The Morgan fingerprint density at radius 3 is 2.10 bits per heavy atom. The van der Waals surface area contributed by atoms with Gasteiger partial charge in [-0.15, -0.1) is 0 Å². The van der Waals surface area contributed by atoms with Crippen LogP contribution in [0.3, 0.4) is 0 Å². The molecule has 0 aromatic heterocycles. The van der Waals surface area contributed by atoms with Crippen molar-refractivity contribution in [1.82, 2.24) is 10.4 Å². The van der Waals surface area contributed by atoms with Crippen LogP contribution in [0, 0.1) is 22.7 Å². The molecule has 5 heteroatoms. The van der Waals surface area contributed by atoms with Crippen molar-refractivity contribution in [2.45, 2.75) is 89.4 Å². The van der Waals surface area contributed by atoms with Gasteiger partial charge in [-0.1, -0.05) is 0 Å². The largest absolute Gasteiger partial charge is 0.313 e. The Balaban J connectivity index is 0.000000211. The van der Waals surface area contributed by atoms with Gasteiger partial charge in [-0.3, -0.25) is 0 Å². The van der Waals surface area contributed by atoms with Gasteiger partial charge in [0.15, 0.2) is 0 Å². The average Bonchev–Trinajstić information content (AvgIpc) is 2.85. The van der Waals surface area contributed by atoms with Crippen molar-refractivity contribution in [3.8, 4) is 12.1 Å². The lowest BCUT2D eigenvalue weighted by molar-refractivity contribution is -0.162. The Labute approximate surface area is 128 Å². The van der Waals surface area contributed by atoms with Crippen molar-refractivity contribution in [2.24, 2.45) is 0 Å². The quantitative estimate of drug-likeness (QED) is 0.817. The van der Waals surface area contributed by atoms with E-state index < -0.39 is 0 Å². The zero-order valence-corrected chi connectivity index (χ0v) is 13.7. The highest BCUT2D eigenvalue weighted by Crippen LogP contribution is 2.32. The van der Waals surface area contributed by atoms with E-state index in [-0.39, 0.29) is 17.1 Å². The van der Waals surface area contributed by atoms with Gasteiger partial charge >= 0.3 is 0 Å². The first-order chi connectivity index (χ1) is 9.72. The predicted molar refractivity (Wildman–Crippen MR) is 81.4 cm³/mol. The fraction of sp³-hybridized carbons (Fsp3) is 0.875. The van der Waals surface area contributed by atoms with Gasteiger partial charge in [-0.2, -0.15) is 15.6 Å². The van der Waals surface area contributed by atoms with Crippen molar-refractivity contribution in [3.05, 3.63) is 0 Å². The Hall–Kier alpha value is -1.14. The van der Waals surface area contributed by atoms with Crippen molar-refractivity contribution in [1.29, 1.82) is 10.5 Å². The number of nitriles is 2. The minimum atomic E-state index is -0.137. The molecule has 0 spiro atoms. The highest BCUT2D eigenvalue weighted by Gasteiger charge is 2.38. The van der Waals surface area contributed by atoms with Crippen LogP contribution in [0.2, 0.25) is 0 Å². The fourth-order valence-electron chi connectivity index (χ4n) is 3.04. The topological polar surface area (TPSA) is 83.1 Å². The molecule has 0 aromatic carbocycles. The van der Waals surface area contributed by atoms with Crippen LogP contribution in [0.4, 0.5) is 0 Å². The third kappa shape index (κ3) is 5.28. The zero-order chi connectivity index (χ0) is 16.1. The van der Waals surface area contributed by atoms with E-state index in [0.717, 1.165) is 19.3 Å². The van der Waals surface area contributed by atoms with Crippen molar-refractivity contribution < 1.29 is 5.21 Å². The summed E-state index contributed by atoms with van der Waals surface area (Å²) >= 11 is 0. The standard InChI is InChI=1S/C8H14N2O.C8H14N2/c1-8(2)5-3-7(4-6-9)10(8)11;1-8(2)5-3-7(10-8)4-6-9/h7,11H,3-5H2,1-2H3;7,10H,3-5H2,1-2H3. The van der Waals surface area contributed by atoms with Gasteiger partial charge in [0.05, 0.1) is 25.0 Å². The van der Waals surface area contributed by atoms with Crippen LogP contribution in [0.1, 0.15) is 66.2 Å². The number of hydrogen-bond acceptors (Lipinski definition) is 5. The minimum Gasteiger partial charge on any atom is -0.313 e. The van der Waals surface area contributed by atoms with E-state index in [1.54, 1.807) is 0 Å². The molecule has 2 N–H and O–H groups in total. The van der Waals surface area contributed by atoms with E-state index in [4.69, 9.17) is 10.5 Å². The van der Waals surface area contributed by atoms with Crippen molar-refractivity contribution in [2.75, 3.05) is 0 Å². The van der Waals surface area contributed by atoms with E-state index in [1.807, 2.05) is 13.8 Å². The summed E-state index contributed by atoms with van der Waals surface area (Å²) in [6.07, 6.45) is 5.33. The maximum atomic E-state index is 9.53. The van der Waals surface area contributed by atoms with Crippen molar-refractivity contribution >= 4 is 0 Å². The molecular weight excluding hydrogens is 264 g/mol. The van der Waals surface area contributed by atoms with E-state index in [1.165, 1.54) is 11.5 Å². The maximum Gasteiger partial charge on any atom is 0.0639 e. The number of nitrogens with zero attached hydrogens (tertiary/aromatic N) is 3. The monoisotopic (exact) mass is 292 g/mol. The summed E-state index contributed by atoms with van der Waals surface area (Å²) in [6.45, 7) is 8.35. The second kappa shape index (κ2) is 7.22. The Kier molecular flexibility index (Phi) is 6.16. The van der Waals surface area contributed by atoms with Crippen LogP contribution in [-0.2, 0) is 0 Å². The molecule has 0 radical (unpaired) electrons. The Morgan fingerprint density at radius 2 is 1.71 bits per heavy atom. The lowest BCUT2D eigenvalue weighted by Gasteiger charge is -2.28. The van der Waals surface area contributed by atoms with E-state index in [2.05, 4.69) is 31.3 Å². The molecule has 0 saturated carbocycles. The van der Waals surface area contributed by atoms with E-state index in [9.17, 15) is 5.21 Å². The number of nitrogens with one attached hydrogen (secondary N) is 1. The first-order valence-corrected chi connectivity index (χ1v) is 7.71. The number of hydrogen-bond donors (Lipinski definition) is 2. The molecule has 0 aromatic rings. The second-order valence-electron chi connectivity index (χ2n) is 7.34. The first kappa shape index (κ1) is 17.9. The minimum absolute atomic E-state index is 0.0509. The van der Waals surface area contributed by atoms with Gasteiger partial charge in [0, 0.05) is 23.2 Å². The lowest BCUT2D eigenvalue weighted by Crippen LogP contribution is -2.39. The normalized spacial score (nSPS) is 30.0. The molecule has 5 nitrogen and oxygen atoms in total. The van der Waals surface area contributed by atoms with Gasteiger partial charge in [-0.25, -0.2) is 0 Å². The molecular formula is C16H28N4O. The molecule has 118 valence electrons. The lowest BCUT2D eigenvalue weighted by atomic mass is 10.0. The Morgan fingerprint density at radius 1 is 1.10 bits per heavy atom. The summed E-state index contributed by atoms with van der Waals surface area (Å²) in [7, 11) is 0. The molecule has 2 fully saturated rings. The first-order valence-electron chi connectivity index (χ1n) is 7.71. The fourth-order valence-corrected chi connectivity index (χ4v) is 3.04. The van der Waals surface area contributed by atoms with Gasteiger partial charge in [0.25, 0.3) is 0 Å². The third-order valence-electron chi connectivity index (χ3n) is 4.43. The SMILES string of the molecule is CC1(C)CCC(CC#N)N1.CC1(C)CCC(CC#N)N1O. The third-order valence-corrected chi connectivity index (χ3v) is 4.43. The van der Waals surface area contributed by atoms with E-state index in [0.29, 0.717) is 18.9 Å². The van der Waals surface area contributed by atoms with Crippen LogP contribution < -0.4 is 5.32 Å². The van der Waals surface area contributed by atoms with Gasteiger partial charge in [0.2, 0.25) is 0 Å². The van der Waals surface area contributed by atoms with Crippen molar-refractivity contribution in [3.63, 3.8) is 0 Å². The van der Waals surface area contributed by atoms with Crippen LogP contribution in [0.25, 0.3) is 0 Å². The molecule has 2 unspecified atom stereocenters. The second-order valence-corrected chi connectivity index (χ2v) is 7.34. The molecule has 2 heterocycles. The highest BCUT2D eigenvalue weighted by molar-refractivity contribution is 4.94. The smallest absolute Gasteiger partial charge is 0.0639 e. The predicted octanol–water partition coefficient (Wildman–Crippen LogP) is 2.96.